The van der Waals surface area contributed by atoms with E-state index in [-0.39, 0.29) is 11.4 Å². The number of aromatic nitrogens is 1. The van der Waals surface area contributed by atoms with Crippen LogP contribution in [0.2, 0.25) is 0 Å². The first kappa shape index (κ1) is 11.5. The molecule has 0 unspecified atom stereocenters. The fourth-order valence-corrected chi connectivity index (χ4v) is 2.03. The van der Waals surface area contributed by atoms with Crippen molar-refractivity contribution in [1.82, 2.24) is 0 Å². The van der Waals surface area contributed by atoms with Gasteiger partial charge < -0.3 is 9.52 Å². The average molecular weight is 254 g/mol. The molecule has 2 heterocycles. The van der Waals surface area contributed by atoms with E-state index in [1.807, 2.05) is 30.3 Å². The predicted octanol–water partition coefficient (Wildman–Crippen LogP) is 1.67. The summed E-state index contributed by atoms with van der Waals surface area (Å²) >= 11 is 0. The molecule has 94 valence electrons. The topological polar surface area (TPSA) is 54.5 Å². The Hall–Kier alpha value is -2.62. The average Bonchev–Trinajstić information content (AvgIpc) is 2.45. The van der Waals surface area contributed by atoms with E-state index in [0.717, 1.165) is 5.56 Å². The molecule has 0 saturated heterocycles. The summed E-state index contributed by atoms with van der Waals surface area (Å²) in [6.45, 7) is 0. The monoisotopic (exact) mass is 254 g/mol. The smallest absolute Gasteiger partial charge is 0.385 e. The van der Waals surface area contributed by atoms with Gasteiger partial charge in [-0.1, -0.05) is 34.7 Å². The zero-order valence-corrected chi connectivity index (χ0v) is 10.1. The van der Waals surface area contributed by atoms with Crippen LogP contribution in [0.1, 0.15) is 11.1 Å². The standard InChI is InChI=1S/C15H11NO3/c17-14-12(10-11-6-2-1-3-7-11)15(18)19-13-8-4-5-9-16(13)14/h1-9H,10H2/p+1. The number of hydrogen-bond acceptors (Lipinski definition) is 3. The van der Waals surface area contributed by atoms with Crippen molar-refractivity contribution in [3.8, 4) is 5.88 Å². The molecule has 1 N–H and O–H groups in total. The van der Waals surface area contributed by atoms with E-state index < -0.39 is 5.63 Å². The highest BCUT2D eigenvalue weighted by Crippen LogP contribution is 2.13. The van der Waals surface area contributed by atoms with Crippen molar-refractivity contribution in [3.63, 3.8) is 0 Å². The normalized spacial score (nSPS) is 10.7. The Balaban J connectivity index is 2.16. The molecule has 0 spiro atoms. The van der Waals surface area contributed by atoms with Crippen LogP contribution in [0.3, 0.4) is 0 Å². The first-order chi connectivity index (χ1) is 9.25. The molecule has 0 fully saturated rings. The Morgan fingerprint density at radius 3 is 2.58 bits per heavy atom. The molecule has 0 aliphatic carbocycles. The van der Waals surface area contributed by atoms with Gasteiger partial charge in [0.1, 0.15) is 0 Å². The molecular weight excluding hydrogens is 242 g/mol. The van der Waals surface area contributed by atoms with Gasteiger partial charge in [0.2, 0.25) is 0 Å². The summed E-state index contributed by atoms with van der Waals surface area (Å²) in [5.41, 5.74) is 1.02. The number of hydrogen-bond donors (Lipinski definition) is 1. The predicted molar refractivity (Wildman–Crippen MR) is 69.1 cm³/mol. The zero-order chi connectivity index (χ0) is 13.2. The minimum atomic E-state index is -0.507. The van der Waals surface area contributed by atoms with Crippen LogP contribution in [-0.4, -0.2) is 5.11 Å². The Labute approximate surface area is 109 Å². The van der Waals surface area contributed by atoms with Crippen LogP contribution in [0.25, 0.3) is 5.71 Å². The quantitative estimate of drug-likeness (QED) is 0.708. The van der Waals surface area contributed by atoms with Gasteiger partial charge in [0.05, 0.1) is 6.07 Å². The second-order valence-corrected chi connectivity index (χ2v) is 4.26. The van der Waals surface area contributed by atoms with Gasteiger partial charge in [-0.05, 0) is 11.6 Å². The SMILES string of the molecule is O=c1oc2cccc[n+]2c(O)c1Cc1ccccc1. The Bertz CT molecular complexity index is 778. The number of benzene rings is 1. The third-order valence-electron chi connectivity index (χ3n) is 2.99. The first-order valence-corrected chi connectivity index (χ1v) is 5.95. The van der Waals surface area contributed by atoms with Gasteiger partial charge in [0, 0.05) is 12.5 Å². The minimum Gasteiger partial charge on any atom is -0.459 e. The fraction of sp³-hybridized carbons (Fsp3) is 0.0667. The van der Waals surface area contributed by atoms with E-state index in [0.29, 0.717) is 12.1 Å². The van der Waals surface area contributed by atoms with Crippen LogP contribution in [0, 0.1) is 0 Å². The number of rotatable bonds is 2. The van der Waals surface area contributed by atoms with Gasteiger partial charge >= 0.3 is 17.2 Å². The molecule has 19 heavy (non-hydrogen) atoms. The van der Waals surface area contributed by atoms with Crippen molar-refractivity contribution in [2.24, 2.45) is 0 Å². The van der Waals surface area contributed by atoms with E-state index in [9.17, 15) is 9.90 Å². The Morgan fingerprint density at radius 1 is 1.05 bits per heavy atom. The lowest BCUT2D eigenvalue weighted by Gasteiger charge is -2.00. The van der Waals surface area contributed by atoms with Gasteiger partial charge in [0.25, 0.3) is 0 Å². The van der Waals surface area contributed by atoms with Crippen molar-refractivity contribution in [1.29, 1.82) is 0 Å². The molecule has 0 saturated carbocycles. The number of pyridine rings is 1. The van der Waals surface area contributed by atoms with Gasteiger partial charge in [-0.15, -0.1) is 0 Å². The summed E-state index contributed by atoms with van der Waals surface area (Å²) in [6.07, 6.45) is 1.99. The van der Waals surface area contributed by atoms with Crippen molar-refractivity contribution in [2.75, 3.05) is 0 Å². The lowest BCUT2D eigenvalue weighted by atomic mass is 10.1. The van der Waals surface area contributed by atoms with E-state index >= 15 is 0 Å². The van der Waals surface area contributed by atoms with Crippen LogP contribution in [-0.2, 0) is 6.42 Å². The molecule has 0 aliphatic heterocycles. The molecule has 1 aromatic carbocycles. The molecule has 3 aromatic rings. The Morgan fingerprint density at radius 2 is 1.79 bits per heavy atom. The van der Waals surface area contributed by atoms with Crippen LogP contribution >= 0.6 is 0 Å². The maximum atomic E-state index is 11.9. The van der Waals surface area contributed by atoms with Gasteiger partial charge in [-0.3, -0.25) is 0 Å². The maximum Gasteiger partial charge on any atom is 0.385 e. The first-order valence-electron chi connectivity index (χ1n) is 5.95. The van der Waals surface area contributed by atoms with Gasteiger partial charge in [-0.25, -0.2) is 4.79 Å². The van der Waals surface area contributed by atoms with Crippen LogP contribution in [0.5, 0.6) is 5.88 Å². The van der Waals surface area contributed by atoms with E-state index in [4.69, 9.17) is 4.42 Å². The summed E-state index contributed by atoms with van der Waals surface area (Å²) in [7, 11) is 0. The molecular formula is C15H12NO3+. The largest absolute Gasteiger partial charge is 0.459 e. The van der Waals surface area contributed by atoms with Gasteiger partial charge in [0.15, 0.2) is 11.8 Å². The summed E-state index contributed by atoms with van der Waals surface area (Å²) in [6, 6.07) is 14.6. The molecule has 0 aliphatic rings. The summed E-state index contributed by atoms with van der Waals surface area (Å²) in [5, 5.41) is 10.2. The number of aromatic hydroxyl groups is 1. The van der Waals surface area contributed by atoms with Crippen molar-refractivity contribution < 1.29 is 13.9 Å². The number of fused-ring (bicyclic) bond motifs is 1. The van der Waals surface area contributed by atoms with Crippen molar-refractivity contribution in [3.05, 3.63) is 76.3 Å². The van der Waals surface area contributed by atoms with Crippen LogP contribution < -0.4 is 10.0 Å². The lowest BCUT2D eigenvalue weighted by molar-refractivity contribution is -0.533. The van der Waals surface area contributed by atoms with E-state index in [1.165, 1.54) is 4.40 Å². The molecule has 0 atom stereocenters. The van der Waals surface area contributed by atoms with E-state index in [2.05, 4.69) is 0 Å². The lowest BCUT2D eigenvalue weighted by Crippen LogP contribution is -2.27. The highest BCUT2D eigenvalue weighted by Gasteiger charge is 2.21. The molecule has 4 nitrogen and oxygen atoms in total. The second-order valence-electron chi connectivity index (χ2n) is 4.26. The van der Waals surface area contributed by atoms with E-state index in [1.54, 1.807) is 24.4 Å². The fourth-order valence-electron chi connectivity index (χ4n) is 2.03. The maximum absolute atomic E-state index is 11.9. The summed E-state index contributed by atoms with van der Waals surface area (Å²) in [4.78, 5) is 11.9. The van der Waals surface area contributed by atoms with Crippen LogP contribution in [0.4, 0.5) is 0 Å². The molecule has 0 radical (unpaired) electrons. The van der Waals surface area contributed by atoms with Crippen LogP contribution in [0.15, 0.2) is 63.9 Å². The van der Waals surface area contributed by atoms with Crippen molar-refractivity contribution >= 4 is 5.71 Å². The zero-order valence-electron chi connectivity index (χ0n) is 10.1. The summed E-state index contributed by atoms with van der Waals surface area (Å²) in [5.74, 6) is -0.0734. The molecule has 2 aromatic heterocycles. The van der Waals surface area contributed by atoms with Crippen molar-refractivity contribution in [2.45, 2.75) is 6.42 Å². The highest BCUT2D eigenvalue weighted by molar-refractivity contribution is 5.31. The van der Waals surface area contributed by atoms with Gasteiger partial charge in [-0.2, -0.15) is 0 Å². The highest BCUT2D eigenvalue weighted by atomic mass is 16.4. The molecule has 0 amide bonds. The number of nitrogens with zero attached hydrogens (tertiary/aromatic N) is 1. The summed E-state index contributed by atoms with van der Waals surface area (Å²) < 4.78 is 6.65. The third-order valence-corrected chi connectivity index (χ3v) is 2.99. The minimum absolute atomic E-state index is 0.0734. The second kappa shape index (κ2) is 4.57. The molecule has 4 heteroatoms. The molecule has 0 bridgehead atoms. The third kappa shape index (κ3) is 2.08. The molecule has 3 rings (SSSR count). The Kier molecular flexibility index (Phi) is 2.76.